The number of nitrogens with one attached hydrogen (secondary N) is 1. The summed E-state index contributed by atoms with van der Waals surface area (Å²) in [5, 5.41) is 24.2. The molecule has 0 aromatic carbocycles. The molecule has 0 saturated heterocycles. The van der Waals surface area contributed by atoms with E-state index in [9.17, 15) is 10.2 Å². The maximum atomic E-state index is 10.6. The predicted octanol–water partition coefficient (Wildman–Crippen LogP) is 2.95. The lowest BCUT2D eigenvalue weighted by Crippen LogP contribution is -2.56. The van der Waals surface area contributed by atoms with Crippen molar-refractivity contribution in [3.63, 3.8) is 0 Å². The Morgan fingerprint density at radius 3 is 2.35 bits per heavy atom. The van der Waals surface area contributed by atoms with Crippen molar-refractivity contribution in [1.29, 1.82) is 0 Å². The molecule has 0 bridgehead atoms. The van der Waals surface area contributed by atoms with E-state index in [4.69, 9.17) is 0 Å². The van der Waals surface area contributed by atoms with Crippen molar-refractivity contribution in [2.45, 2.75) is 83.5 Å². The van der Waals surface area contributed by atoms with Crippen molar-refractivity contribution in [3.05, 3.63) is 0 Å². The van der Waals surface area contributed by atoms with Crippen molar-refractivity contribution >= 4 is 0 Å². The minimum absolute atomic E-state index is 0.0551. The molecule has 0 amide bonds. The molecule has 4 saturated carbocycles. The lowest BCUT2D eigenvalue weighted by molar-refractivity contribution is -0.123. The lowest BCUT2D eigenvalue weighted by atomic mass is 9.45. The summed E-state index contributed by atoms with van der Waals surface area (Å²) in [5.74, 6) is 3.01. The zero-order valence-electron chi connectivity index (χ0n) is 15.1. The molecule has 4 aliphatic carbocycles. The topological polar surface area (TPSA) is 52.5 Å². The van der Waals surface area contributed by atoms with Gasteiger partial charge < -0.3 is 15.5 Å². The quantitative estimate of drug-likeness (QED) is 0.696. The molecule has 0 aromatic heterocycles. The Bertz CT molecular complexity index is 469. The standard InChI is InChI=1S/C20H35NO2/c1-19-8-6-13(22)10-12(19)4-5-14-15(19)7-9-20(2)16(14)11-17(23)18(20)21-3/h12-18,21-23H,4-11H2,1-3H3/t12-,13-,14+,15-,16-,17+,18-,19-,20-/m0/s1. The van der Waals surface area contributed by atoms with Gasteiger partial charge in [-0.05, 0) is 92.9 Å². The molecule has 0 aromatic rings. The highest BCUT2D eigenvalue weighted by atomic mass is 16.3. The summed E-state index contributed by atoms with van der Waals surface area (Å²) >= 11 is 0. The Morgan fingerprint density at radius 1 is 0.870 bits per heavy atom. The Hall–Kier alpha value is -0.120. The molecule has 0 spiro atoms. The van der Waals surface area contributed by atoms with Gasteiger partial charge in [0.1, 0.15) is 0 Å². The molecule has 0 radical (unpaired) electrons. The van der Waals surface area contributed by atoms with E-state index in [-0.39, 0.29) is 23.7 Å². The summed E-state index contributed by atoms with van der Waals surface area (Å²) < 4.78 is 0. The summed E-state index contributed by atoms with van der Waals surface area (Å²) in [7, 11) is 2.02. The second kappa shape index (κ2) is 5.44. The summed E-state index contributed by atoms with van der Waals surface area (Å²) in [6.07, 6.45) is 9.20. The Balaban J connectivity index is 1.62. The maximum Gasteiger partial charge on any atom is 0.0701 e. The SMILES string of the molecule is CN[C@H]1[C@H](O)C[C@H]2[C@@H]3CC[C@H]4C[C@@H](O)CC[C@]4(C)[C@H]3CC[C@@]21C. The molecule has 0 unspecified atom stereocenters. The van der Waals surface area contributed by atoms with Gasteiger partial charge in [0.25, 0.3) is 0 Å². The molecular formula is C20H35NO2. The molecule has 9 atom stereocenters. The number of hydrogen-bond donors (Lipinski definition) is 3. The second-order valence-corrected chi connectivity index (χ2v) is 9.70. The molecule has 3 heteroatoms. The molecular weight excluding hydrogens is 286 g/mol. The highest BCUT2D eigenvalue weighted by molar-refractivity contribution is 5.12. The third kappa shape index (κ3) is 2.19. The number of rotatable bonds is 1. The van der Waals surface area contributed by atoms with Crippen LogP contribution in [-0.4, -0.2) is 35.5 Å². The van der Waals surface area contributed by atoms with E-state index in [1.165, 1.54) is 32.1 Å². The summed E-state index contributed by atoms with van der Waals surface area (Å²) in [6.45, 7) is 4.97. The van der Waals surface area contributed by atoms with Crippen molar-refractivity contribution < 1.29 is 10.2 Å². The first-order chi connectivity index (χ1) is 10.9. The number of fused-ring (bicyclic) bond motifs is 5. The second-order valence-electron chi connectivity index (χ2n) is 9.70. The molecule has 3 nitrogen and oxygen atoms in total. The fourth-order valence-electron chi connectivity index (χ4n) is 7.77. The van der Waals surface area contributed by atoms with E-state index in [2.05, 4.69) is 19.2 Å². The summed E-state index contributed by atoms with van der Waals surface area (Å²) in [5.41, 5.74) is 0.707. The van der Waals surface area contributed by atoms with Crippen LogP contribution in [0, 0.1) is 34.5 Å². The summed E-state index contributed by atoms with van der Waals surface area (Å²) in [4.78, 5) is 0. The van der Waals surface area contributed by atoms with E-state index in [0.29, 0.717) is 11.3 Å². The van der Waals surface area contributed by atoms with Crippen LogP contribution in [0.5, 0.6) is 0 Å². The molecule has 23 heavy (non-hydrogen) atoms. The largest absolute Gasteiger partial charge is 0.393 e. The first-order valence-corrected chi connectivity index (χ1v) is 9.93. The molecule has 0 heterocycles. The van der Waals surface area contributed by atoms with Crippen molar-refractivity contribution in [2.24, 2.45) is 34.5 Å². The normalized spacial score (nSPS) is 59.1. The smallest absolute Gasteiger partial charge is 0.0701 e. The minimum Gasteiger partial charge on any atom is -0.393 e. The van der Waals surface area contributed by atoms with Gasteiger partial charge in [0.15, 0.2) is 0 Å². The molecule has 3 N–H and O–H groups in total. The first kappa shape index (κ1) is 16.4. The van der Waals surface area contributed by atoms with Gasteiger partial charge in [-0.25, -0.2) is 0 Å². The van der Waals surface area contributed by atoms with Crippen LogP contribution in [0.25, 0.3) is 0 Å². The van der Waals surface area contributed by atoms with Crippen LogP contribution < -0.4 is 5.32 Å². The van der Waals surface area contributed by atoms with Crippen LogP contribution in [0.4, 0.5) is 0 Å². The van der Waals surface area contributed by atoms with E-state index < -0.39 is 0 Å². The molecule has 0 aliphatic heterocycles. The van der Waals surface area contributed by atoms with Crippen LogP contribution in [0.3, 0.4) is 0 Å². The molecule has 132 valence electrons. The predicted molar refractivity (Wildman–Crippen MR) is 92.0 cm³/mol. The average Bonchev–Trinajstić information content (AvgIpc) is 2.77. The maximum absolute atomic E-state index is 10.6. The van der Waals surface area contributed by atoms with Gasteiger partial charge in [-0.2, -0.15) is 0 Å². The van der Waals surface area contributed by atoms with Gasteiger partial charge in [-0.3, -0.25) is 0 Å². The van der Waals surface area contributed by atoms with E-state index in [1.54, 1.807) is 0 Å². The third-order valence-electron chi connectivity index (χ3n) is 8.98. The van der Waals surface area contributed by atoms with Crippen LogP contribution in [-0.2, 0) is 0 Å². The van der Waals surface area contributed by atoms with E-state index in [0.717, 1.165) is 37.0 Å². The molecule has 4 fully saturated rings. The number of aliphatic hydroxyl groups is 2. The Labute approximate surface area is 141 Å². The van der Waals surface area contributed by atoms with Gasteiger partial charge in [-0.1, -0.05) is 13.8 Å². The number of likely N-dealkylation sites (N-methyl/N-ethyl adjacent to an activating group) is 1. The monoisotopic (exact) mass is 321 g/mol. The van der Waals surface area contributed by atoms with Gasteiger partial charge in [0, 0.05) is 6.04 Å². The first-order valence-electron chi connectivity index (χ1n) is 9.93. The fourth-order valence-corrected chi connectivity index (χ4v) is 7.77. The minimum atomic E-state index is -0.174. The van der Waals surface area contributed by atoms with Gasteiger partial charge in [-0.15, -0.1) is 0 Å². The zero-order chi connectivity index (χ0) is 16.4. The summed E-state index contributed by atoms with van der Waals surface area (Å²) in [6, 6.07) is 0.271. The zero-order valence-corrected chi connectivity index (χ0v) is 15.1. The highest BCUT2D eigenvalue weighted by Gasteiger charge is 2.61. The van der Waals surface area contributed by atoms with Crippen LogP contribution >= 0.6 is 0 Å². The number of hydrogen-bond acceptors (Lipinski definition) is 3. The van der Waals surface area contributed by atoms with Crippen molar-refractivity contribution in [3.8, 4) is 0 Å². The van der Waals surface area contributed by atoms with Crippen LogP contribution in [0.15, 0.2) is 0 Å². The van der Waals surface area contributed by atoms with Gasteiger partial charge >= 0.3 is 0 Å². The van der Waals surface area contributed by atoms with Gasteiger partial charge in [0.2, 0.25) is 0 Å². The Morgan fingerprint density at radius 2 is 1.61 bits per heavy atom. The van der Waals surface area contributed by atoms with Crippen molar-refractivity contribution in [2.75, 3.05) is 7.05 Å². The average molecular weight is 322 g/mol. The lowest BCUT2D eigenvalue weighted by Gasteiger charge is -2.60. The van der Waals surface area contributed by atoms with E-state index >= 15 is 0 Å². The highest BCUT2D eigenvalue weighted by Crippen LogP contribution is 2.66. The number of aliphatic hydroxyl groups excluding tert-OH is 2. The Kier molecular flexibility index (Phi) is 3.87. The molecule has 4 aliphatic rings. The van der Waals surface area contributed by atoms with Crippen molar-refractivity contribution in [1.82, 2.24) is 5.32 Å². The van der Waals surface area contributed by atoms with E-state index in [1.807, 2.05) is 7.05 Å². The van der Waals surface area contributed by atoms with Crippen LogP contribution in [0.2, 0.25) is 0 Å². The fraction of sp³-hybridized carbons (Fsp3) is 1.00. The third-order valence-corrected chi connectivity index (χ3v) is 8.98. The van der Waals surface area contributed by atoms with Crippen LogP contribution in [0.1, 0.15) is 65.2 Å². The molecule has 4 rings (SSSR count). The van der Waals surface area contributed by atoms with Gasteiger partial charge in [0.05, 0.1) is 12.2 Å².